The van der Waals surface area contributed by atoms with Crippen LogP contribution in [0.25, 0.3) is 11.1 Å². The van der Waals surface area contributed by atoms with Crippen LogP contribution in [0.5, 0.6) is 0 Å². The van der Waals surface area contributed by atoms with E-state index in [0.717, 1.165) is 61.2 Å². The first kappa shape index (κ1) is 21.7. The molecule has 2 atom stereocenters. The summed E-state index contributed by atoms with van der Waals surface area (Å²) in [7, 11) is 0. The third kappa shape index (κ3) is 3.90. The predicted octanol–water partition coefficient (Wildman–Crippen LogP) is 5.90. The first-order valence-corrected chi connectivity index (χ1v) is 11.9. The standard InChI is InChI=1S/C26H30ClFN2O2/c1-15-4-5-17(11-21(15)27)19-10-18-13-26(2,3)24(20(18)12-22(19)28)29-25(31)32-23-14-30-8-6-16(23)7-9-30/h4-5,10-12,16,23-24H,6-9,13-14H2,1-3H3,(H,29,31)/t23-,24+/m1/s1. The van der Waals surface area contributed by atoms with Crippen LogP contribution < -0.4 is 5.32 Å². The van der Waals surface area contributed by atoms with Crippen molar-refractivity contribution in [1.29, 1.82) is 0 Å². The van der Waals surface area contributed by atoms with Crippen molar-refractivity contribution in [3.63, 3.8) is 0 Å². The van der Waals surface area contributed by atoms with Crippen LogP contribution >= 0.6 is 11.6 Å². The van der Waals surface area contributed by atoms with E-state index in [1.54, 1.807) is 6.07 Å². The lowest BCUT2D eigenvalue weighted by atomic mass is 9.85. The zero-order valence-corrected chi connectivity index (χ0v) is 19.6. The fourth-order valence-corrected chi connectivity index (χ4v) is 5.84. The molecule has 6 rings (SSSR count). The third-order valence-corrected chi connectivity index (χ3v) is 7.97. The number of rotatable bonds is 3. The van der Waals surface area contributed by atoms with E-state index in [2.05, 4.69) is 24.1 Å². The Morgan fingerprint density at radius 1 is 1.22 bits per heavy atom. The largest absolute Gasteiger partial charge is 0.445 e. The number of benzene rings is 2. The van der Waals surface area contributed by atoms with E-state index in [-0.39, 0.29) is 23.4 Å². The van der Waals surface area contributed by atoms with Crippen LogP contribution in [-0.2, 0) is 11.2 Å². The molecule has 1 amide bonds. The molecule has 0 unspecified atom stereocenters. The molecule has 170 valence electrons. The fourth-order valence-electron chi connectivity index (χ4n) is 5.66. The molecular weight excluding hydrogens is 427 g/mol. The number of hydrogen-bond acceptors (Lipinski definition) is 3. The average Bonchev–Trinajstić information content (AvgIpc) is 2.99. The molecule has 32 heavy (non-hydrogen) atoms. The second-order valence-electron chi connectivity index (χ2n) is 10.3. The van der Waals surface area contributed by atoms with Gasteiger partial charge in [-0.3, -0.25) is 4.90 Å². The monoisotopic (exact) mass is 456 g/mol. The maximum absolute atomic E-state index is 15.2. The molecular formula is C26H30ClFN2O2. The summed E-state index contributed by atoms with van der Waals surface area (Å²) in [6, 6.07) is 8.80. The number of nitrogens with one attached hydrogen (secondary N) is 1. The van der Waals surface area contributed by atoms with Crippen LogP contribution in [-0.4, -0.2) is 36.7 Å². The Labute approximate surface area is 194 Å². The van der Waals surface area contributed by atoms with Gasteiger partial charge in [0, 0.05) is 17.1 Å². The van der Waals surface area contributed by atoms with Crippen LogP contribution in [0.15, 0.2) is 30.3 Å². The fraction of sp³-hybridized carbons (Fsp3) is 0.500. The quantitative estimate of drug-likeness (QED) is 0.625. The summed E-state index contributed by atoms with van der Waals surface area (Å²) in [5.41, 5.74) is 3.90. The van der Waals surface area contributed by atoms with Gasteiger partial charge in [-0.1, -0.05) is 37.6 Å². The smallest absolute Gasteiger partial charge is 0.407 e. The first-order chi connectivity index (χ1) is 15.2. The third-order valence-electron chi connectivity index (χ3n) is 7.57. The van der Waals surface area contributed by atoms with Gasteiger partial charge in [0.15, 0.2) is 0 Å². The van der Waals surface area contributed by atoms with Gasteiger partial charge in [0.1, 0.15) is 11.9 Å². The van der Waals surface area contributed by atoms with E-state index in [1.807, 2.05) is 31.2 Å². The highest BCUT2D eigenvalue weighted by molar-refractivity contribution is 6.31. The molecule has 2 aromatic carbocycles. The van der Waals surface area contributed by atoms with Crippen molar-refractivity contribution in [3.05, 3.63) is 57.9 Å². The van der Waals surface area contributed by atoms with Crippen molar-refractivity contribution in [1.82, 2.24) is 10.2 Å². The maximum atomic E-state index is 15.2. The van der Waals surface area contributed by atoms with Crippen molar-refractivity contribution in [2.24, 2.45) is 11.3 Å². The van der Waals surface area contributed by atoms with Crippen LogP contribution in [0.4, 0.5) is 9.18 Å². The van der Waals surface area contributed by atoms with Gasteiger partial charge in [0.05, 0.1) is 6.04 Å². The molecule has 0 aromatic heterocycles. The highest BCUT2D eigenvalue weighted by Crippen LogP contribution is 2.47. The summed E-state index contributed by atoms with van der Waals surface area (Å²) in [5.74, 6) is 0.148. The van der Waals surface area contributed by atoms with Gasteiger partial charge in [-0.15, -0.1) is 0 Å². The molecule has 3 saturated heterocycles. The Morgan fingerprint density at radius 2 is 1.97 bits per heavy atom. The highest BCUT2D eigenvalue weighted by Gasteiger charge is 2.42. The van der Waals surface area contributed by atoms with Crippen molar-refractivity contribution >= 4 is 17.7 Å². The summed E-state index contributed by atoms with van der Waals surface area (Å²) in [4.78, 5) is 15.2. The lowest BCUT2D eigenvalue weighted by Gasteiger charge is -2.44. The molecule has 6 heteroatoms. The molecule has 3 fully saturated rings. The van der Waals surface area contributed by atoms with E-state index in [1.165, 1.54) is 0 Å². The molecule has 0 spiro atoms. The lowest BCUT2D eigenvalue weighted by molar-refractivity contribution is -0.0349. The van der Waals surface area contributed by atoms with Gasteiger partial charge in [-0.05, 0) is 91.1 Å². The molecule has 4 aliphatic rings. The van der Waals surface area contributed by atoms with Crippen LogP contribution in [0.3, 0.4) is 0 Å². The van der Waals surface area contributed by atoms with Crippen molar-refractivity contribution in [2.75, 3.05) is 19.6 Å². The molecule has 1 N–H and O–H groups in total. The summed E-state index contributed by atoms with van der Waals surface area (Å²) >= 11 is 6.28. The zero-order chi connectivity index (χ0) is 22.6. The summed E-state index contributed by atoms with van der Waals surface area (Å²) in [6.45, 7) is 9.16. The average molecular weight is 457 g/mol. The number of nitrogens with zero attached hydrogens (tertiary/aromatic N) is 1. The second kappa shape index (κ2) is 8.03. The van der Waals surface area contributed by atoms with Gasteiger partial charge in [0.2, 0.25) is 0 Å². The number of piperidine rings is 3. The van der Waals surface area contributed by atoms with E-state index >= 15 is 4.39 Å². The van der Waals surface area contributed by atoms with E-state index < -0.39 is 6.09 Å². The molecule has 3 heterocycles. The Hall–Kier alpha value is -2.11. The predicted molar refractivity (Wildman–Crippen MR) is 124 cm³/mol. The Bertz CT molecular complexity index is 1060. The maximum Gasteiger partial charge on any atom is 0.407 e. The Balaban J connectivity index is 1.37. The van der Waals surface area contributed by atoms with Crippen LogP contribution in [0.1, 0.15) is 49.4 Å². The zero-order valence-electron chi connectivity index (χ0n) is 18.9. The van der Waals surface area contributed by atoms with Gasteiger partial charge < -0.3 is 10.1 Å². The van der Waals surface area contributed by atoms with Gasteiger partial charge >= 0.3 is 6.09 Å². The Kier molecular flexibility index (Phi) is 5.45. The number of alkyl carbamates (subject to hydrolysis) is 1. The number of hydrogen-bond donors (Lipinski definition) is 1. The number of amides is 1. The Morgan fingerprint density at radius 3 is 2.62 bits per heavy atom. The number of carbonyl (C=O) groups is 1. The second-order valence-corrected chi connectivity index (χ2v) is 10.7. The molecule has 0 saturated carbocycles. The summed E-state index contributed by atoms with van der Waals surface area (Å²) in [6.07, 6.45) is 2.48. The highest BCUT2D eigenvalue weighted by atomic mass is 35.5. The van der Waals surface area contributed by atoms with E-state index in [4.69, 9.17) is 16.3 Å². The van der Waals surface area contributed by atoms with E-state index in [9.17, 15) is 4.79 Å². The minimum Gasteiger partial charge on any atom is -0.445 e. The molecule has 2 aromatic rings. The van der Waals surface area contributed by atoms with Crippen molar-refractivity contribution < 1.29 is 13.9 Å². The van der Waals surface area contributed by atoms with Crippen LogP contribution in [0, 0.1) is 24.1 Å². The van der Waals surface area contributed by atoms with Crippen LogP contribution in [0.2, 0.25) is 5.02 Å². The number of fused-ring (bicyclic) bond motifs is 4. The first-order valence-electron chi connectivity index (χ1n) is 11.5. The molecule has 2 bridgehead atoms. The molecule has 4 nitrogen and oxygen atoms in total. The SMILES string of the molecule is Cc1ccc(-c2cc3c(cc2F)[C@H](NC(=O)O[C@@H]2CN4CCC2CC4)C(C)(C)C3)cc1Cl. The van der Waals surface area contributed by atoms with Gasteiger partial charge in [0.25, 0.3) is 0 Å². The number of ether oxygens (including phenoxy) is 1. The number of halogens is 2. The molecule has 1 aliphatic carbocycles. The van der Waals surface area contributed by atoms with Crippen molar-refractivity contribution in [2.45, 2.75) is 52.2 Å². The number of carbonyl (C=O) groups excluding carboxylic acids is 1. The van der Waals surface area contributed by atoms with Gasteiger partial charge in [-0.2, -0.15) is 0 Å². The number of aryl methyl sites for hydroxylation is 1. The van der Waals surface area contributed by atoms with Gasteiger partial charge in [-0.25, -0.2) is 9.18 Å². The van der Waals surface area contributed by atoms with Crippen molar-refractivity contribution in [3.8, 4) is 11.1 Å². The summed E-state index contributed by atoms with van der Waals surface area (Å²) < 4.78 is 21.1. The summed E-state index contributed by atoms with van der Waals surface area (Å²) in [5, 5.41) is 3.69. The molecule has 0 radical (unpaired) electrons. The lowest BCUT2D eigenvalue weighted by Crippen LogP contribution is -2.53. The molecule has 3 aliphatic heterocycles. The normalized spacial score (nSPS) is 27.8. The topological polar surface area (TPSA) is 41.6 Å². The minimum absolute atomic E-state index is 0.0492. The van der Waals surface area contributed by atoms with E-state index in [0.29, 0.717) is 16.5 Å². The minimum atomic E-state index is -0.399.